The van der Waals surface area contributed by atoms with Gasteiger partial charge < -0.3 is 9.64 Å². The average molecular weight is 297 g/mol. The fraction of sp³-hybridized carbons (Fsp3) is 0.500. The lowest BCUT2D eigenvalue weighted by atomic mass is 9.97. The van der Waals surface area contributed by atoms with E-state index in [0.717, 1.165) is 12.8 Å². The number of rotatable bonds is 3. The lowest BCUT2D eigenvalue weighted by Gasteiger charge is -2.31. The molecule has 1 saturated heterocycles. The van der Waals surface area contributed by atoms with Crippen LogP contribution in [-0.4, -0.2) is 41.5 Å². The summed E-state index contributed by atoms with van der Waals surface area (Å²) in [6.07, 6.45) is 4.53. The first-order chi connectivity index (χ1) is 9.63. The number of carbonyl (C=O) groups excluding carboxylic acids is 2. The number of piperidine rings is 1. The summed E-state index contributed by atoms with van der Waals surface area (Å²) >= 11 is 5.99. The van der Waals surface area contributed by atoms with E-state index in [-0.39, 0.29) is 17.8 Å². The fourth-order valence-corrected chi connectivity index (χ4v) is 2.53. The molecule has 1 fully saturated rings. The molecule has 1 aromatic rings. The number of halogens is 1. The third-order valence-corrected chi connectivity index (χ3v) is 3.63. The molecule has 0 bridgehead atoms. The summed E-state index contributed by atoms with van der Waals surface area (Å²) in [6.45, 7) is 3.16. The standard InChI is InChI=1S/C14H17ClN2O3/c1-2-20-14(19)10-4-3-7-17(9-10)13(18)11-5-6-16-8-12(11)15/h5-6,8,10H,2-4,7,9H2,1H3. The van der Waals surface area contributed by atoms with Crippen LogP contribution in [0, 0.1) is 5.92 Å². The Morgan fingerprint density at radius 1 is 1.55 bits per heavy atom. The smallest absolute Gasteiger partial charge is 0.310 e. The lowest BCUT2D eigenvalue weighted by molar-refractivity contribution is -0.149. The first kappa shape index (κ1) is 14.8. The molecule has 2 heterocycles. The molecular formula is C14H17ClN2O3. The third-order valence-electron chi connectivity index (χ3n) is 3.33. The maximum Gasteiger partial charge on any atom is 0.310 e. The maximum atomic E-state index is 12.4. The molecular weight excluding hydrogens is 280 g/mol. The average Bonchev–Trinajstić information content (AvgIpc) is 2.47. The predicted molar refractivity (Wildman–Crippen MR) is 74.5 cm³/mol. The molecule has 0 N–H and O–H groups in total. The Morgan fingerprint density at radius 2 is 2.35 bits per heavy atom. The summed E-state index contributed by atoms with van der Waals surface area (Å²) in [6, 6.07) is 1.60. The normalized spacial score (nSPS) is 18.7. The van der Waals surface area contributed by atoms with Gasteiger partial charge in [0.05, 0.1) is 23.1 Å². The molecule has 1 aromatic heterocycles. The van der Waals surface area contributed by atoms with Crippen molar-refractivity contribution in [1.82, 2.24) is 9.88 Å². The molecule has 5 nitrogen and oxygen atoms in total. The zero-order chi connectivity index (χ0) is 14.5. The van der Waals surface area contributed by atoms with Gasteiger partial charge >= 0.3 is 5.97 Å². The third kappa shape index (κ3) is 3.28. The largest absolute Gasteiger partial charge is 0.466 e. The topological polar surface area (TPSA) is 59.5 Å². The maximum absolute atomic E-state index is 12.4. The van der Waals surface area contributed by atoms with Crippen LogP contribution in [0.4, 0.5) is 0 Å². The van der Waals surface area contributed by atoms with Crippen LogP contribution in [0.1, 0.15) is 30.1 Å². The van der Waals surface area contributed by atoms with Crippen LogP contribution in [0.25, 0.3) is 0 Å². The Balaban J connectivity index is 2.07. The second-order valence-corrected chi connectivity index (χ2v) is 5.11. The monoisotopic (exact) mass is 296 g/mol. The molecule has 0 aromatic carbocycles. The van der Waals surface area contributed by atoms with Gasteiger partial charge in [0.2, 0.25) is 0 Å². The molecule has 108 valence electrons. The molecule has 1 unspecified atom stereocenters. The van der Waals surface area contributed by atoms with Crippen molar-refractivity contribution in [2.75, 3.05) is 19.7 Å². The van der Waals surface area contributed by atoms with Crippen molar-refractivity contribution in [3.05, 3.63) is 29.0 Å². The summed E-state index contributed by atoms with van der Waals surface area (Å²) in [5.74, 6) is -0.634. The van der Waals surface area contributed by atoms with Crippen LogP contribution < -0.4 is 0 Å². The molecule has 0 saturated carbocycles. The van der Waals surface area contributed by atoms with E-state index < -0.39 is 0 Å². The molecule has 1 aliphatic heterocycles. The van der Waals surface area contributed by atoms with Crippen LogP contribution >= 0.6 is 11.6 Å². The van der Waals surface area contributed by atoms with E-state index in [0.29, 0.717) is 30.3 Å². The van der Waals surface area contributed by atoms with Gasteiger partial charge in [-0.25, -0.2) is 0 Å². The Hall–Kier alpha value is -1.62. The molecule has 1 amide bonds. The van der Waals surface area contributed by atoms with E-state index in [1.165, 1.54) is 12.4 Å². The highest BCUT2D eigenvalue weighted by Gasteiger charge is 2.30. The summed E-state index contributed by atoms with van der Waals surface area (Å²) in [7, 11) is 0. The quantitative estimate of drug-likeness (QED) is 0.802. The van der Waals surface area contributed by atoms with Crippen molar-refractivity contribution in [3.8, 4) is 0 Å². The Kier molecular flexibility index (Phi) is 4.95. The Morgan fingerprint density at radius 3 is 3.05 bits per heavy atom. The second-order valence-electron chi connectivity index (χ2n) is 4.70. The van der Waals surface area contributed by atoms with E-state index in [9.17, 15) is 9.59 Å². The molecule has 1 atom stereocenters. The van der Waals surface area contributed by atoms with Gasteiger partial charge in [0.1, 0.15) is 0 Å². The van der Waals surface area contributed by atoms with Crippen molar-refractivity contribution in [2.24, 2.45) is 5.92 Å². The van der Waals surface area contributed by atoms with Gasteiger partial charge in [-0.1, -0.05) is 11.6 Å². The first-order valence-electron chi connectivity index (χ1n) is 6.69. The van der Waals surface area contributed by atoms with Crippen molar-refractivity contribution < 1.29 is 14.3 Å². The summed E-state index contributed by atoms with van der Waals surface area (Å²) < 4.78 is 5.03. The number of nitrogens with zero attached hydrogens (tertiary/aromatic N) is 2. The van der Waals surface area contributed by atoms with Gasteiger partial charge in [-0.05, 0) is 25.8 Å². The van der Waals surface area contributed by atoms with Gasteiger partial charge in [0.25, 0.3) is 5.91 Å². The second kappa shape index (κ2) is 6.70. The van der Waals surface area contributed by atoms with Crippen LogP contribution in [-0.2, 0) is 9.53 Å². The van der Waals surface area contributed by atoms with E-state index in [1.807, 2.05) is 0 Å². The van der Waals surface area contributed by atoms with Gasteiger partial charge in [0.15, 0.2) is 0 Å². The molecule has 0 spiro atoms. The first-order valence-corrected chi connectivity index (χ1v) is 7.06. The summed E-state index contributed by atoms with van der Waals surface area (Å²) in [5.41, 5.74) is 0.422. The van der Waals surface area contributed by atoms with E-state index in [1.54, 1.807) is 17.9 Å². The van der Waals surface area contributed by atoms with Crippen molar-refractivity contribution in [3.63, 3.8) is 0 Å². The minimum atomic E-state index is -0.242. The number of ether oxygens (including phenoxy) is 1. The number of carbonyl (C=O) groups is 2. The number of esters is 1. The van der Waals surface area contributed by atoms with Gasteiger partial charge in [0, 0.05) is 25.5 Å². The van der Waals surface area contributed by atoms with Gasteiger partial charge in [-0.3, -0.25) is 14.6 Å². The number of amides is 1. The van der Waals surface area contributed by atoms with Crippen molar-refractivity contribution >= 4 is 23.5 Å². The lowest BCUT2D eigenvalue weighted by Crippen LogP contribution is -2.42. The Bertz CT molecular complexity index is 507. The van der Waals surface area contributed by atoms with E-state index in [4.69, 9.17) is 16.3 Å². The van der Waals surface area contributed by atoms with E-state index in [2.05, 4.69) is 4.98 Å². The summed E-state index contributed by atoms with van der Waals surface area (Å²) in [4.78, 5) is 29.7. The van der Waals surface area contributed by atoms with Gasteiger partial charge in [-0.15, -0.1) is 0 Å². The van der Waals surface area contributed by atoms with Crippen LogP contribution in [0.2, 0.25) is 5.02 Å². The summed E-state index contributed by atoms with van der Waals surface area (Å²) in [5, 5.41) is 0.329. The number of hydrogen-bond donors (Lipinski definition) is 0. The van der Waals surface area contributed by atoms with Crippen LogP contribution in [0.5, 0.6) is 0 Å². The molecule has 0 aliphatic carbocycles. The minimum Gasteiger partial charge on any atom is -0.466 e. The SMILES string of the molecule is CCOC(=O)C1CCCN(C(=O)c2ccncc2Cl)C1. The molecule has 1 aliphatic rings. The van der Waals surface area contributed by atoms with E-state index >= 15 is 0 Å². The number of hydrogen-bond acceptors (Lipinski definition) is 4. The molecule has 6 heteroatoms. The predicted octanol–water partition coefficient (Wildman–Crippen LogP) is 2.15. The fourth-order valence-electron chi connectivity index (χ4n) is 2.33. The molecule has 20 heavy (non-hydrogen) atoms. The zero-order valence-corrected chi connectivity index (χ0v) is 12.1. The van der Waals surface area contributed by atoms with Crippen LogP contribution in [0.3, 0.4) is 0 Å². The zero-order valence-electron chi connectivity index (χ0n) is 11.3. The van der Waals surface area contributed by atoms with Crippen molar-refractivity contribution in [2.45, 2.75) is 19.8 Å². The minimum absolute atomic E-state index is 0.161. The number of likely N-dealkylation sites (tertiary alicyclic amines) is 1. The van der Waals surface area contributed by atoms with Gasteiger partial charge in [-0.2, -0.15) is 0 Å². The highest BCUT2D eigenvalue weighted by atomic mass is 35.5. The molecule has 2 rings (SSSR count). The number of pyridine rings is 1. The van der Waals surface area contributed by atoms with Crippen molar-refractivity contribution in [1.29, 1.82) is 0 Å². The van der Waals surface area contributed by atoms with Crippen LogP contribution in [0.15, 0.2) is 18.5 Å². The molecule has 0 radical (unpaired) electrons. The number of aromatic nitrogens is 1. The highest BCUT2D eigenvalue weighted by molar-refractivity contribution is 6.33. The highest BCUT2D eigenvalue weighted by Crippen LogP contribution is 2.22. The Labute approximate surface area is 122 Å².